The van der Waals surface area contributed by atoms with Gasteiger partial charge in [0.15, 0.2) is 0 Å². The van der Waals surface area contributed by atoms with Crippen molar-refractivity contribution in [3.05, 3.63) is 29.8 Å². The molecule has 3 N–H and O–H groups in total. The quantitative estimate of drug-likeness (QED) is 0.794. The van der Waals surface area contributed by atoms with Crippen molar-refractivity contribution in [2.24, 2.45) is 5.92 Å². The highest BCUT2D eigenvalue weighted by molar-refractivity contribution is 6.04. The van der Waals surface area contributed by atoms with Gasteiger partial charge in [-0.15, -0.1) is 12.4 Å². The van der Waals surface area contributed by atoms with E-state index in [4.69, 9.17) is 0 Å². The van der Waals surface area contributed by atoms with Crippen LogP contribution >= 0.6 is 12.4 Å². The number of nitrogens with one attached hydrogen (secondary N) is 3. The summed E-state index contributed by atoms with van der Waals surface area (Å²) in [6, 6.07) is 7.15. The number of benzene rings is 1. The first-order chi connectivity index (χ1) is 9.58. The average Bonchev–Trinajstić information content (AvgIpc) is 2.92. The van der Waals surface area contributed by atoms with Crippen molar-refractivity contribution < 1.29 is 9.59 Å². The molecule has 1 aliphatic heterocycles. The van der Waals surface area contributed by atoms with Crippen LogP contribution in [0, 0.1) is 5.92 Å². The van der Waals surface area contributed by atoms with Crippen LogP contribution < -0.4 is 16.0 Å². The SMILES string of the molecule is CC(C)NC(=O)c1ccccc1NC(=O)C1CCNC1.Cl. The van der Waals surface area contributed by atoms with Crippen LogP contribution in [0.2, 0.25) is 0 Å². The molecule has 2 amide bonds. The van der Waals surface area contributed by atoms with E-state index >= 15 is 0 Å². The highest BCUT2D eigenvalue weighted by Crippen LogP contribution is 2.18. The number of hydrogen-bond acceptors (Lipinski definition) is 3. The van der Waals surface area contributed by atoms with Gasteiger partial charge in [-0.2, -0.15) is 0 Å². The van der Waals surface area contributed by atoms with Crippen LogP contribution in [0.25, 0.3) is 0 Å². The lowest BCUT2D eigenvalue weighted by Crippen LogP contribution is -2.31. The molecule has 1 aliphatic rings. The summed E-state index contributed by atoms with van der Waals surface area (Å²) >= 11 is 0. The predicted molar refractivity (Wildman–Crippen MR) is 85.9 cm³/mol. The molecule has 5 nitrogen and oxygen atoms in total. The molecule has 0 bridgehead atoms. The molecular weight excluding hydrogens is 290 g/mol. The minimum atomic E-state index is -0.166. The van der Waals surface area contributed by atoms with E-state index in [9.17, 15) is 9.59 Å². The van der Waals surface area contributed by atoms with E-state index in [-0.39, 0.29) is 36.2 Å². The Hall–Kier alpha value is -1.59. The maximum Gasteiger partial charge on any atom is 0.253 e. The molecule has 21 heavy (non-hydrogen) atoms. The van der Waals surface area contributed by atoms with Crippen molar-refractivity contribution in [3.8, 4) is 0 Å². The van der Waals surface area contributed by atoms with E-state index in [1.165, 1.54) is 0 Å². The second kappa shape index (κ2) is 8.00. The van der Waals surface area contributed by atoms with Crippen LogP contribution in [-0.2, 0) is 4.79 Å². The van der Waals surface area contributed by atoms with Gasteiger partial charge in [0.2, 0.25) is 5.91 Å². The van der Waals surface area contributed by atoms with Crippen LogP contribution in [0.3, 0.4) is 0 Å². The first kappa shape index (κ1) is 17.5. The van der Waals surface area contributed by atoms with Crippen molar-refractivity contribution in [2.75, 3.05) is 18.4 Å². The molecule has 1 heterocycles. The predicted octanol–water partition coefficient (Wildman–Crippen LogP) is 1.79. The molecule has 0 aliphatic carbocycles. The number of halogens is 1. The molecule has 1 fully saturated rings. The number of amides is 2. The molecular formula is C15H22ClN3O2. The number of anilines is 1. The van der Waals surface area contributed by atoms with Crippen molar-refractivity contribution >= 4 is 29.9 Å². The molecule has 116 valence electrons. The van der Waals surface area contributed by atoms with Crippen LogP contribution in [-0.4, -0.2) is 30.9 Å². The molecule has 0 aromatic heterocycles. The van der Waals surface area contributed by atoms with Gasteiger partial charge in [-0.3, -0.25) is 9.59 Å². The molecule has 1 aromatic carbocycles. The van der Waals surface area contributed by atoms with Crippen LogP contribution in [0.5, 0.6) is 0 Å². The lowest BCUT2D eigenvalue weighted by molar-refractivity contribution is -0.119. The second-order valence-electron chi connectivity index (χ2n) is 5.35. The molecule has 0 spiro atoms. The summed E-state index contributed by atoms with van der Waals surface area (Å²) < 4.78 is 0. The van der Waals surface area contributed by atoms with E-state index < -0.39 is 0 Å². The Morgan fingerprint density at radius 3 is 2.62 bits per heavy atom. The van der Waals surface area contributed by atoms with Gasteiger partial charge in [-0.05, 0) is 38.9 Å². The molecule has 6 heteroatoms. The summed E-state index contributed by atoms with van der Waals surface area (Å²) in [5.74, 6) is -0.212. The number of carbonyl (C=O) groups excluding carboxylic acids is 2. The Balaban J connectivity index is 0.00000220. The Bertz CT molecular complexity index is 499. The molecule has 1 atom stereocenters. The van der Waals surface area contributed by atoms with Crippen molar-refractivity contribution in [1.82, 2.24) is 10.6 Å². The maximum atomic E-state index is 12.1. The van der Waals surface area contributed by atoms with Crippen LogP contribution in [0.15, 0.2) is 24.3 Å². The van der Waals surface area contributed by atoms with E-state index in [1.54, 1.807) is 18.2 Å². The van der Waals surface area contributed by atoms with Gasteiger partial charge in [0.25, 0.3) is 5.91 Å². The maximum absolute atomic E-state index is 12.1. The molecule has 1 aromatic rings. The number of hydrogen-bond donors (Lipinski definition) is 3. The highest BCUT2D eigenvalue weighted by atomic mass is 35.5. The van der Waals surface area contributed by atoms with Gasteiger partial charge >= 0.3 is 0 Å². The monoisotopic (exact) mass is 311 g/mol. The van der Waals surface area contributed by atoms with Gasteiger partial charge in [-0.1, -0.05) is 12.1 Å². The van der Waals surface area contributed by atoms with E-state index in [2.05, 4.69) is 16.0 Å². The third kappa shape index (κ3) is 4.72. The zero-order valence-corrected chi connectivity index (χ0v) is 13.1. The fourth-order valence-electron chi connectivity index (χ4n) is 2.24. The Kier molecular flexibility index (Phi) is 6.65. The third-order valence-corrected chi connectivity index (χ3v) is 3.28. The first-order valence-electron chi connectivity index (χ1n) is 6.99. The topological polar surface area (TPSA) is 70.2 Å². The lowest BCUT2D eigenvalue weighted by atomic mass is 10.1. The Morgan fingerprint density at radius 1 is 1.29 bits per heavy atom. The first-order valence-corrected chi connectivity index (χ1v) is 6.99. The highest BCUT2D eigenvalue weighted by Gasteiger charge is 2.23. The minimum Gasteiger partial charge on any atom is -0.350 e. The van der Waals surface area contributed by atoms with Gasteiger partial charge in [-0.25, -0.2) is 0 Å². The molecule has 0 radical (unpaired) electrons. The summed E-state index contributed by atoms with van der Waals surface area (Å²) in [5, 5.41) is 8.87. The third-order valence-electron chi connectivity index (χ3n) is 3.28. The molecule has 2 rings (SSSR count). The zero-order valence-electron chi connectivity index (χ0n) is 12.3. The Morgan fingerprint density at radius 2 is 2.00 bits per heavy atom. The normalized spacial score (nSPS) is 17.2. The number of para-hydroxylation sites is 1. The van der Waals surface area contributed by atoms with Gasteiger partial charge in [0.05, 0.1) is 17.2 Å². The van der Waals surface area contributed by atoms with E-state index in [0.717, 1.165) is 13.0 Å². The summed E-state index contributed by atoms with van der Waals surface area (Å²) in [4.78, 5) is 24.2. The van der Waals surface area contributed by atoms with Crippen molar-refractivity contribution in [1.29, 1.82) is 0 Å². The minimum absolute atomic E-state index is 0. The van der Waals surface area contributed by atoms with Crippen molar-refractivity contribution in [3.63, 3.8) is 0 Å². The summed E-state index contributed by atoms with van der Waals surface area (Å²) in [5.41, 5.74) is 1.07. The zero-order chi connectivity index (χ0) is 14.5. The fraction of sp³-hybridized carbons (Fsp3) is 0.467. The van der Waals surface area contributed by atoms with Crippen LogP contribution in [0.4, 0.5) is 5.69 Å². The largest absolute Gasteiger partial charge is 0.350 e. The lowest BCUT2D eigenvalue weighted by Gasteiger charge is -2.14. The summed E-state index contributed by atoms with van der Waals surface area (Å²) in [6.07, 6.45) is 0.839. The van der Waals surface area contributed by atoms with E-state index in [1.807, 2.05) is 19.9 Å². The molecule has 1 saturated heterocycles. The second-order valence-corrected chi connectivity index (χ2v) is 5.35. The van der Waals surface area contributed by atoms with Gasteiger partial charge in [0.1, 0.15) is 0 Å². The standard InChI is InChI=1S/C15H21N3O2.ClH/c1-10(2)17-15(20)12-5-3-4-6-13(12)18-14(19)11-7-8-16-9-11;/h3-6,10-11,16H,7-9H2,1-2H3,(H,17,20)(H,18,19);1H. The average molecular weight is 312 g/mol. The smallest absolute Gasteiger partial charge is 0.253 e. The summed E-state index contributed by atoms with van der Waals surface area (Å²) in [6.45, 7) is 5.38. The molecule has 0 saturated carbocycles. The van der Waals surface area contributed by atoms with E-state index in [0.29, 0.717) is 17.8 Å². The van der Waals surface area contributed by atoms with Gasteiger partial charge in [0, 0.05) is 12.6 Å². The van der Waals surface area contributed by atoms with Crippen LogP contribution in [0.1, 0.15) is 30.6 Å². The Labute approximate surface area is 131 Å². The van der Waals surface area contributed by atoms with Gasteiger partial charge < -0.3 is 16.0 Å². The fourth-order valence-corrected chi connectivity index (χ4v) is 2.24. The number of rotatable bonds is 4. The molecule has 1 unspecified atom stereocenters. The number of carbonyl (C=O) groups is 2. The summed E-state index contributed by atoms with van der Waals surface area (Å²) in [7, 11) is 0. The van der Waals surface area contributed by atoms with Crippen molar-refractivity contribution in [2.45, 2.75) is 26.3 Å².